The van der Waals surface area contributed by atoms with Crippen LogP contribution in [0.25, 0.3) is 10.1 Å². The zero-order valence-electron chi connectivity index (χ0n) is 7.69. The first-order valence-corrected chi connectivity index (χ1v) is 5.11. The Balaban J connectivity index is 2.82. The van der Waals surface area contributed by atoms with E-state index < -0.39 is 7.12 Å². The minimum atomic E-state index is -1.45. The van der Waals surface area contributed by atoms with E-state index in [1.165, 1.54) is 11.3 Å². The fraction of sp³-hybridized carbons (Fsp3) is 0.111. The van der Waals surface area contributed by atoms with E-state index in [4.69, 9.17) is 15.8 Å². The van der Waals surface area contributed by atoms with Crippen molar-refractivity contribution in [3.63, 3.8) is 0 Å². The first-order chi connectivity index (χ1) is 6.61. The van der Waals surface area contributed by atoms with E-state index in [2.05, 4.69) is 0 Å². The molecule has 2 rings (SSSR count). The summed E-state index contributed by atoms with van der Waals surface area (Å²) in [4.78, 5) is 0. The van der Waals surface area contributed by atoms with Crippen LogP contribution in [0.1, 0.15) is 5.56 Å². The summed E-state index contributed by atoms with van der Waals surface area (Å²) in [7, 11) is -1.45. The van der Waals surface area contributed by atoms with Crippen molar-refractivity contribution in [2.24, 2.45) is 0 Å². The van der Waals surface area contributed by atoms with Crippen molar-refractivity contribution in [3.8, 4) is 0 Å². The number of nitrogen functional groups attached to an aromatic ring is 1. The van der Waals surface area contributed by atoms with E-state index in [9.17, 15) is 0 Å². The zero-order valence-corrected chi connectivity index (χ0v) is 8.51. The Morgan fingerprint density at radius 3 is 2.71 bits per heavy atom. The van der Waals surface area contributed by atoms with E-state index in [-0.39, 0.29) is 0 Å². The Morgan fingerprint density at radius 2 is 2.07 bits per heavy atom. The quantitative estimate of drug-likeness (QED) is 0.470. The van der Waals surface area contributed by atoms with E-state index in [1.807, 2.05) is 19.1 Å². The molecule has 1 heterocycles. The molecular formula is C9H10BNO2S. The van der Waals surface area contributed by atoms with Crippen molar-refractivity contribution in [3.05, 3.63) is 23.1 Å². The van der Waals surface area contributed by atoms with Crippen LogP contribution in [-0.2, 0) is 0 Å². The summed E-state index contributed by atoms with van der Waals surface area (Å²) in [6, 6.07) is 3.87. The third-order valence-corrected chi connectivity index (χ3v) is 3.27. The molecule has 0 unspecified atom stereocenters. The minimum absolute atomic E-state index is 0.492. The van der Waals surface area contributed by atoms with Gasteiger partial charge in [0.25, 0.3) is 0 Å². The lowest BCUT2D eigenvalue weighted by Gasteiger charge is -2.03. The second-order valence-corrected chi connectivity index (χ2v) is 4.15. The molecule has 0 bridgehead atoms. The van der Waals surface area contributed by atoms with Crippen molar-refractivity contribution in [1.82, 2.24) is 0 Å². The summed E-state index contributed by atoms with van der Waals surface area (Å²) < 4.78 is 0.983. The van der Waals surface area contributed by atoms with E-state index in [0.29, 0.717) is 11.2 Å². The fourth-order valence-electron chi connectivity index (χ4n) is 1.48. The molecule has 0 atom stereocenters. The molecule has 0 amide bonds. The standard InChI is InChI=1S/C9H10BNO2S/c1-5-2-3-7-8(9(5)11)6(4-14-7)10(12)13/h2-4,12-13H,11H2,1H3. The predicted molar refractivity (Wildman–Crippen MR) is 60.8 cm³/mol. The molecule has 72 valence electrons. The monoisotopic (exact) mass is 207 g/mol. The number of anilines is 1. The lowest BCUT2D eigenvalue weighted by molar-refractivity contribution is 0.426. The molecule has 0 aliphatic carbocycles. The topological polar surface area (TPSA) is 66.5 Å². The number of thiophene rings is 1. The molecule has 4 N–H and O–H groups in total. The molecule has 3 nitrogen and oxygen atoms in total. The number of nitrogens with two attached hydrogens (primary N) is 1. The Hall–Kier alpha value is -1.04. The van der Waals surface area contributed by atoms with Gasteiger partial charge in [-0.2, -0.15) is 0 Å². The van der Waals surface area contributed by atoms with Crippen LogP contribution < -0.4 is 11.2 Å². The third-order valence-electron chi connectivity index (χ3n) is 2.30. The van der Waals surface area contributed by atoms with Gasteiger partial charge in [-0.15, -0.1) is 11.3 Å². The predicted octanol–water partition coefficient (Wildman–Crippen LogP) is 0.472. The van der Waals surface area contributed by atoms with Gasteiger partial charge in [-0.1, -0.05) is 6.07 Å². The van der Waals surface area contributed by atoms with Crippen LogP contribution >= 0.6 is 11.3 Å². The zero-order chi connectivity index (χ0) is 10.3. The molecule has 0 spiro atoms. The lowest BCUT2D eigenvalue weighted by Crippen LogP contribution is -2.29. The fourth-order valence-corrected chi connectivity index (χ4v) is 2.46. The molecule has 0 fully saturated rings. The van der Waals surface area contributed by atoms with Gasteiger partial charge in [-0.25, -0.2) is 0 Å². The number of hydrogen-bond donors (Lipinski definition) is 3. The van der Waals surface area contributed by atoms with Crippen LogP contribution in [0.5, 0.6) is 0 Å². The van der Waals surface area contributed by atoms with Gasteiger partial charge in [0.1, 0.15) is 0 Å². The average molecular weight is 207 g/mol. The van der Waals surface area contributed by atoms with Crippen molar-refractivity contribution >= 4 is 39.7 Å². The largest absolute Gasteiger partial charge is 0.489 e. The summed E-state index contributed by atoms with van der Waals surface area (Å²) in [5, 5.41) is 20.8. The van der Waals surface area contributed by atoms with E-state index in [0.717, 1.165) is 15.6 Å². The molecule has 1 aromatic heterocycles. The Kier molecular flexibility index (Phi) is 2.22. The van der Waals surface area contributed by atoms with Gasteiger partial charge < -0.3 is 15.8 Å². The number of benzene rings is 1. The Labute approximate surface area is 85.9 Å². The Bertz CT molecular complexity index is 481. The number of fused-ring (bicyclic) bond motifs is 1. The smallest absolute Gasteiger partial charge is 0.423 e. The van der Waals surface area contributed by atoms with Crippen LogP contribution in [0.2, 0.25) is 0 Å². The van der Waals surface area contributed by atoms with Gasteiger partial charge in [0.2, 0.25) is 0 Å². The molecule has 0 aliphatic heterocycles. The summed E-state index contributed by atoms with van der Waals surface area (Å²) in [5.41, 5.74) is 7.97. The van der Waals surface area contributed by atoms with Crippen molar-refractivity contribution in [2.45, 2.75) is 6.92 Å². The maximum absolute atomic E-state index is 9.13. The maximum atomic E-state index is 9.13. The average Bonchev–Trinajstić information content (AvgIpc) is 2.55. The SMILES string of the molecule is Cc1ccc2scc(B(O)O)c2c1N. The molecule has 0 saturated carbocycles. The van der Waals surface area contributed by atoms with Crippen molar-refractivity contribution in [2.75, 3.05) is 5.73 Å². The van der Waals surface area contributed by atoms with Crippen LogP contribution in [0.3, 0.4) is 0 Å². The molecule has 2 aromatic rings. The Morgan fingerprint density at radius 1 is 1.36 bits per heavy atom. The highest BCUT2D eigenvalue weighted by atomic mass is 32.1. The van der Waals surface area contributed by atoms with Gasteiger partial charge in [-0.05, 0) is 23.9 Å². The molecule has 0 saturated heterocycles. The third kappa shape index (κ3) is 1.30. The molecular weight excluding hydrogens is 197 g/mol. The maximum Gasteiger partial charge on any atom is 0.489 e. The van der Waals surface area contributed by atoms with Gasteiger partial charge in [0, 0.05) is 21.2 Å². The highest BCUT2D eigenvalue weighted by Crippen LogP contribution is 2.27. The van der Waals surface area contributed by atoms with Crippen LogP contribution in [0, 0.1) is 6.92 Å². The van der Waals surface area contributed by atoms with Crippen molar-refractivity contribution in [1.29, 1.82) is 0 Å². The molecule has 0 radical (unpaired) electrons. The van der Waals surface area contributed by atoms with Gasteiger partial charge in [0.05, 0.1) is 0 Å². The first-order valence-electron chi connectivity index (χ1n) is 4.23. The summed E-state index contributed by atoms with van der Waals surface area (Å²) >= 11 is 1.47. The van der Waals surface area contributed by atoms with Gasteiger partial charge >= 0.3 is 7.12 Å². The summed E-state index contributed by atoms with van der Waals surface area (Å²) in [6.07, 6.45) is 0. The molecule has 5 heteroatoms. The number of aryl methyl sites for hydroxylation is 1. The highest BCUT2D eigenvalue weighted by molar-refractivity contribution is 7.18. The summed E-state index contributed by atoms with van der Waals surface area (Å²) in [6.45, 7) is 1.90. The second-order valence-electron chi connectivity index (χ2n) is 3.23. The lowest BCUT2D eigenvalue weighted by atomic mass is 9.79. The summed E-state index contributed by atoms with van der Waals surface area (Å²) in [5.74, 6) is 0. The molecule has 14 heavy (non-hydrogen) atoms. The highest BCUT2D eigenvalue weighted by Gasteiger charge is 2.18. The van der Waals surface area contributed by atoms with Gasteiger partial charge in [0.15, 0.2) is 0 Å². The van der Waals surface area contributed by atoms with Gasteiger partial charge in [-0.3, -0.25) is 0 Å². The molecule has 0 aliphatic rings. The normalized spacial score (nSPS) is 10.8. The van der Waals surface area contributed by atoms with Crippen LogP contribution in [0.4, 0.5) is 5.69 Å². The van der Waals surface area contributed by atoms with Crippen LogP contribution in [-0.4, -0.2) is 17.2 Å². The van der Waals surface area contributed by atoms with E-state index in [1.54, 1.807) is 5.38 Å². The van der Waals surface area contributed by atoms with Crippen LogP contribution in [0.15, 0.2) is 17.5 Å². The van der Waals surface area contributed by atoms with Crippen molar-refractivity contribution < 1.29 is 10.0 Å². The second kappa shape index (κ2) is 3.27. The molecule has 1 aromatic carbocycles. The van der Waals surface area contributed by atoms with E-state index >= 15 is 0 Å². The minimum Gasteiger partial charge on any atom is -0.423 e. The first kappa shape index (κ1) is 9.52. The number of hydrogen-bond acceptors (Lipinski definition) is 4. The number of rotatable bonds is 1.